The lowest BCUT2D eigenvalue weighted by molar-refractivity contribution is -0.384. The predicted molar refractivity (Wildman–Crippen MR) is 128 cm³/mol. The molecule has 14 heteroatoms. The van der Waals surface area contributed by atoms with E-state index in [9.17, 15) is 36.9 Å². The monoisotopic (exact) mass is 560 g/mol. The van der Waals surface area contributed by atoms with E-state index in [2.05, 4.69) is 5.32 Å². The number of anilines is 3. The molecule has 3 aromatic carbocycles. The van der Waals surface area contributed by atoms with Crippen LogP contribution in [0.4, 0.5) is 44.7 Å². The third-order valence-electron chi connectivity index (χ3n) is 5.73. The van der Waals surface area contributed by atoms with Gasteiger partial charge in [0.2, 0.25) is 5.82 Å². The fourth-order valence-corrected chi connectivity index (χ4v) is 4.39. The summed E-state index contributed by atoms with van der Waals surface area (Å²) in [4.78, 5) is 25.7. The molecule has 1 aliphatic rings. The Balaban J connectivity index is 1.47. The molecule has 0 spiro atoms. The molecule has 1 saturated heterocycles. The van der Waals surface area contributed by atoms with Crippen LogP contribution in [-0.4, -0.2) is 37.0 Å². The lowest BCUT2D eigenvalue weighted by atomic mass is 10.1. The fraction of sp³-hybridized carbons (Fsp3) is 0.174. The van der Waals surface area contributed by atoms with Gasteiger partial charge in [-0.1, -0.05) is 23.2 Å². The maximum atomic E-state index is 14.2. The number of nitrogens with one attached hydrogen (secondary N) is 1. The Labute approximate surface area is 216 Å². The van der Waals surface area contributed by atoms with Gasteiger partial charge in [0.25, 0.3) is 11.6 Å². The van der Waals surface area contributed by atoms with Crippen molar-refractivity contribution in [1.29, 1.82) is 0 Å². The smallest absolute Gasteiger partial charge is 0.270 e. The molecule has 3 aromatic rings. The molecule has 0 radical (unpaired) electrons. The molecule has 37 heavy (non-hydrogen) atoms. The number of hydrogen-bond acceptors (Lipinski definition) is 5. The molecule has 0 aliphatic carbocycles. The predicted octanol–water partition coefficient (Wildman–Crippen LogP) is 6.18. The molecule has 0 atom stereocenters. The molecule has 0 unspecified atom stereocenters. The van der Waals surface area contributed by atoms with Gasteiger partial charge in [0.05, 0.1) is 26.2 Å². The summed E-state index contributed by atoms with van der Waals surface area (Å²) in [5.74, 6) is -10.7. The highest BCUT2D eigenvalue weighted by atomic mass is 35.5. The van der Waals surface area contributed by atoms with E-state index in [0.29, 0.717) is 5.69 Å². The quantitative estimate of drug-likeness (QED) is 0.133. The van der Waals surface area contributed by atoms with Crippen LogP contribution in [0.15, 0.2) is 36.4 Å². The van der Waals surface area contributed by atoms with Gasteiger partial charge in [0.15, 0.2) is 23.3 Å². The van der Waals surface area contributed by atoms with E-state index >= 15 is 0 Å². The Morgan fingerprint density at radius 1 is 0.811 bits per heavy atom. The van der Waals surface area contributed by atoms with Gasteiger partial charge in [-0.3, -0.25) is 14.9 Å². The van der Waals surface area contributed by atoms with Crippen molar-refractivity contribution in [1.82, 2.24) is 0 Å². The third-order valence-corrected chi connectivity index (χ3v) is 6.37. The average molecular weight is 561 g/mol. The summed E-state index contributed by atoms with van der Waals surface area (Å²) in [5, 5.41) is 13.7. The summed E-state index contributed by atoms with van der Waals surface area (Å²) in [6, 6.07) is 7.95. The number of piperazine rings is 1. The van der Waals surface area contributed by atoms with Gasteiger partial charge in [0, 0.05) is 44.0 Å². The minimum atomic E-state index is -2.22. The van der Waals surface area contributed by atoms with Gasteiger partial charge in [-0.15, -0.1) is 0 Å². The number of carbonyl (C=O) groups is 1. The molecule has 1 amide bonds. The lowest BCUT2D eigenvalue weighted by Crippen LogP contribution is -2.47. The fourth-order valence-electron chi connectivity index (χ4n) is 3.88. The Bertz CT molecular complexity index is 1390. The molecule has 1 fully saturated rings. The lowest BCUT2D eigenvalue weighted by Gasteiger charge is -2.38. The van der Waals surface area contributed by atoms with Crippen molar-refractivity contribution in [3.05, 3.63) is 91.2 Å². The van der Waals surface area contributed by atoms with E-state index in [1.165, 1.54) is 18.2 Å². The first-order valence-electron chi connectivity index (χ1n) is 10.6. The van der Waals surface area contributed by atoms with Gasteiger partial charge < -0.3 is 15.1 Å². The molecular weight excluding hydrogens is 546 g/mol. The number of carbonyl (C=O) groups excluding carboxylic acids is 1. The Hall–Kier alpha value is -3.64. The minimum Gasteiger partial charge on any atom is -0.367 e. The summed E-state index contributed by atoms with van der Waals surface area (Å²) in [7, 11) is 0. The van der Waals surface area contributed by atoms with Crippen LogP contribution in [-0.2, 0) is 0 Å². The number of nitro groups is 1. The van der Waals surface area contributed by atoms with Crippen LogP contribution in [0.3, 0.4) is 0 Å². The topological polar surface area (TPSA) is 78.7 Å². The van der Waals surface area contributed by atoms with E-state index in [-0.39, 0.29) is 53.2 Å². The first kappa shape index (κ1) is 26.4. The normalized spacial score (nSPS) is 13.6. The number of nitrogens with zero attached hydrogens (tertiary/aromatic N) is 3. The molecule has 1 N–H and O–H groups in total. The summed E-state index contributed by atoms with van der Waals surface area (Å²) < 4.78 is 68.8. The van der Waals surface area contributed by atoms with Crippen molar-refractivity contribution in [3.8, 4) is 0 Å². The van der Waals surface area contributed by atoms with E-state index in [1.807, 2.05) is 0 Å². The van der Waals surface area contributed by atoms with Gasteiger partial charge in [-0.2, -0.15) is 0 Å². The molecule has 0 aromatic heterocycles. The second-order valence-corrected chi connectivity index (χ2v) is 8.75. The third kappa shape index (κ3) is 5.12. The summed E-state index contributed by atoms with van der Waals surface area (Å²) in [6.45, 7) is 0.180. The maximum absolute atomic E-state index is 14.2. The zero-order chi connectivity index (χ0) is 27.0. The van der Waals surface area contributed by atoms with Crippen molar-refractivity contribution in [3.63, 3.8) is 0 Å². The first-order chi connectivity index (χ1) is 17.5. The highest BCUT2D eigenvalue weighted by Gasteiger charge is 2.31. The van der Waals surface area contributed by atoms with Crippen molar-refractivity contribution in [2.75, 3.05) is 41.3 Å². The maximum Gasteiger partial charge on any atom is 0.270 e. The number of amides is 1. The Kier molecular flexibility index (Phi) is 7.42. The van der Waals surface area contributed by atoms with Gasteiger partial charge in [-0.05, 0) is 24.3 Å². The first-order valence-corrected chi connectivity index (χ1v) is 11.3. The van der Waals surface area contributed by atoms with Crippen LogP contribution >= 0.6 is 23.2 Å². The second-order valence-electron chi connectivity index (χ2n) is 7.93. The molecule has 194 valence electrons. The van der Waals surface area contributed by atoms with Gasteiger partial charge >= 0.3 is 0 Å². The summed E-state index contributed by atoms with van der Waals surface area (Å²) in [6.07, 6.45) is 0. The summed E-state index contributed by atoms with van der Waals surface area (Å²) >= 11 is 12.4. The zero-order valence-corrected chi connectivity index (χ0v) is 20.0. The van der Waals surface area contributed by atoms with E-state index in [4.69, 9.17) is 23.2 Å². The Morgan fingerprint density at radius 3 is 1.95 bits per heavy atom. The summed E-state index contributed by atoms with van der Waals surface area (Å²) in [5.41, 5.74) is -0.639. The Morgan fingerprint density at radius 2 is 1.38 bits per heavy atom. The number of rotatable bonds is 5. The molecule has 7 nitrogen and oxygen atoms in total. The largest absolute Gasteiger partial charge is 0.367 e. The highest BCUT2D eigenvalue weighted by Crippen LogP contribution is 2.34. The van der Waals surface area contributed by atoms with Gasteiger partial charge in [-0.25, -0.2) is 22.0 Å². The van der Waals surface area contributed by atoms with Crippen LogP contribution < -0.4 is 15.1 Å². The molecule has 0 bridgehead atoms. The van der Waals surface area contributed by atoms with Crippen molar-refractivity contribution < 1.29 is 31.7 Å². The van der Waals surface area contributed by atoms with Crippen molar-refractivity contribution in [2.45, 2.75) is 0 Å². The van der Waals surface area contributed by atoms with E-state index < -0.39 is 45.6 Å². The van der Waals surface area contributed by atoms with Crippen LogP contribution in [0.2, 0.25) is 10.0 Å². The SMILES string of the molecule is O=C(Nc1ccc(N2CCN(c3c(F)c(F)c(F)c(F)c3F)CC2)c(Cl)c1)c1cc([N+](=O)[O-])ccc1Cl. The number of nitro benzene ring substituents is 1. The molecule has 1 heterocycles. The van der Waals surface area contributed by atoms with Crippen LogP contribution in [0.25, 0.3) is 0 Å². The van der Waals surface area contributed by atoms with Crippen molar-refractivity contribution >= 4 is 51.9 Å². The molecule has 0 saturated carbocycles. The van der Waals surface area contributed by atoms with Gasteiger partial charge in [0.1, 0.15) is 5.69 Å². The van der Waals surface area contributed by atoms with Crippen LogP contribution in [0.5, 0.6) is 0 Å². The zero-order valence-electron chi connectivity index (χ0n) is 18.5. The van der Waals surface area contributed by atoms with Crippen LogP contribution in [0.1, 0.15) is 10.4 Å². The number of non-ortho nitro benzene ring substituents is 1. The minimum absolute atomic E-state index is 0.0116. The van der Waals surface area contributed by atoms with Crippen molar-refractivity contribution in [2.24, 2.45) is 0 Å². The molecule has 4 rings (SSSR count). The standard InChI is InChI=1S/C23H15Cl2F5N4O3/c24-14-3-2-12(34(36)37)10-13(14)23(35)31-11-1-4-16(15(25)9-11)32-5-7-33(8-6-32)22-20(29)18(27)17(26)19(28)21(22)30/h1-4,9-10H,5-8H2,(H,31,35). The van der Waals surface area contributed by atoms with E-state index in [0.717, 1.165) is 17.0 Å². The second kappa shape index (κ2) is 10.4. The highest BCUT2D eigenvalue weighted by molar-refractivity contribution is 6.35. The molecular formula is C23H15Cl2F5N4O3. The average Bonchev–Trinajstić information content (AvgIpc) is 2.87. The number of benzene rings is 3. The van der Waals surface area contributed by atoms with Crippen LogP contribution in [0, 0.1) is 39.2 Å². The number of halogens is 7. The van der Waals surface area contributed by atoms with E-state index in [1.54, 1.807) is 11.0 Å². The number of hydrogen-bond donors (Lipinski definition) is 1. The molecule has 1 aliphatic heterocycles.